The standard InChI is InChI=1S/C23H24O4/c24-19-11-9-16(10-12-19)13-18-15-27-21-8-4-7-20(22(21)23(18)25)26-14-17-5-2-1-3-6-17/h4,7-12,15,17,24H,1-3,5-6,13-14H2. The van der Waals surface area contributed by atoms with E-state index < -0.39 is 0 Å². The largest absolute Gasteiger partial charge is 0.508 e. The van der Waals surface area contributed by atoms with E-state index in [2.05, 4.69) is 0 Å². The van der Waals surface area contributed by atoms with Gasteiger partial charge < -0.3 is 14.3 Å². The summed E-state index contributed by atoms with van der Waals surface area (Å²) >= 11 is 0. The molecule has 4 nitrogen and oxygen atoms in total. The van der Waals surface area contributed by atoms with Gasteiger partial charge in [-0.2, -0.15) is 0 Å². The predicted molar refractivity (Wildman–Crippen MR) is 105 cm³/mol. The van der Waals surface area contributed by atoms with Crippen molar-refractivity contribution >= 4 is 11.0 Å². The first-order valence-electron chi connectivity index (χ1n) is 9.65. The molecule has 140 valence electrons. The van der Waals surface area contributed by atoms with Crippen LogP contribution in [0.3, 0.4) is 0 Å². The van der Waals surface area contributed by atoms with Crippen molar-refractivity contribution in [2.75, 3.05) is 6.61 Å². The number of aromatic hydroxyl groups is 1. The molecule has 0 bridgehead atoms. The second kappa shape index (κ2) is 7.87. The number of hydrogen-bond acceptors (Lipinski definition) is 4. The smallest absolute Gasteiger partial charge is 0.199 e. The summed E-state index contributed by atoms with van der Waals surface area (Å²) < 4.78 is 11.8. The Balaban J connectivity index is 1.62. The highest BCUT2D eigenvalue weighted by Crippen LogP contribution is 2.28. The lowest BCUT2D eigenvalue weighted by molar-refractivity contribution is 0.210. The Bertz CT molecular complexity index is 966. The Hall–Kier alpha value is -2.75. The molecule has 0 spiro atoms. The molecule has 0 aliphatic heterocycles. The van der Waals surface area contributed by atoms with Crippen LogP contribution in [0.4, 0.5) is 0 Å². The third-order valence-corrected chi connectivity index (χ3v) is 5.37. The minimum atomic E-state index is -0.0523. The van der Waals surface area contributed by atoms with E-state index in [1.54, 1.807) is 18.2 Å². The van der Waals surface area contributed by atoms with Crippen LogP contribution < -0.4 is 10.2 Å². The van der Waals surface area contributed by atoms with Crippen LogP contribution in [-0.2, 0) is 6.42 Å². The molecule has 4 rings (SSSR count). The van der Waals surface area contributed by atoms with Gasteiger partial charge in [-0.25, -0.2) is 0 Å². The molecule has 1 saturated carbocycles. The lowest BCUT2D eigenvalue weighted by Gasteiger charge is -2.22. The number of rotatable bonds is 5. The summed E-state index contributed by atoms with van der Waals surface area (Å²) in [5, 5.41) is 9.94. The number of fused-ring (bicyclic) bond motifs is 1. The summed E-state index contributed by atoms with van der Waals surface area (Å²) in [5.74, 6) is 1.39. The maximum absolute atomic E-state index is 13.1. The van der Waals surface area contributed by atoms with Gasteiger partial charge in [0.1, 0.15) is 22.5 Å². The fraction of sp³-hybridized carbons (Fsp3) is 0.348. The molecule has 0 amide bonds. The zero-order chi connectivity index (χ0) is 18.6. The molecule has 0 unspecified atom stereocenters. The summed E-state index contributed by atoms with van der Waals surface area (Å²) in [6.45, 7) is 0.654. The Morgan fingerprint density at radius 3 is 2.59 bits per heavy atom. The van der Waals surface area contributed by atoms with E-state index in [4.69, 9.17) is 9.15 Å². The van der Waals surface area contributed by atoms with Gasteiger partial charge >= 0.3 is 0 Å². The second-order valence-electron chi connectivity index (χ2n) is 7.38. The first kappa shape index (κ1) is 17.7. The molecule has 1 heterocycles. The fourth-order valence-corrected chi connectivity index (χ4v) is 3.82. The monoisotopic (exact) mass is 364 g/mol. The fourth-order valence-electron chi connectivity index (χ4n) is 3.82. The highest BCUT2D eigenvalue weighted by Gasteiger charge is 2.17. The van der Waals surface area contributed by atoms with Gasteiger partial charge in [0.25, 0.3) is 0 Å². The topological polar surface area (TPSA) is 59.7 Å². The third-order valence-electron chi connectivity index (χ3n) is 5.37. The van der Waals surface area contributed by atoms with E-state index >= 15 is 0 Å². The van der Waals surface area contributed by atoms with Crippen LogP contribution in [-0.4, -0.2) is 11.7 Å². The van der Waals surface area contributed by atoms with Crippen LogP contribution in [0.15, 0.2) is 57.9 Å². The van der Waals surface area contributed by atoms with Gasteiger partial charge in [-0.3, -0.25) is 4.79 Å². The molecule has 3 aromatic rings. The summed E-state index contributed by atoms with van der Waals surface area (Å²) in [5.41, 5.74) is 2.03. The Labute approximate surface area is 158 Å². The molecule has 1 aromatic heterocycles. The number of hydrogen-bond donors (Lipinski definition) is 1. The van der Waals surface area contributed by atoms with E-state index in [9.17, 15) is 9.90 Å². The quantitative estimate of drug-likeness (QED) is 0.688. The van der Waals surface area contributed by atoms with Crippen molar-refractivity contribution in [3.8, 4) is 11.5 Å². The van der Waals surface area contributed by atoms with E-state index in [0.29, 0.717) is 41.2 Å². The molecule has 27 heavy (non-hydrogen) atoms. The molecule has 0 saturated heterocycles. The molecular weight excluding hydrogens is 340 g/mol. The first-order chi connectivity index (χ1) is 13.2. The van der Waals surface area contributed by atoms with Gasteiger partial charge in [0, 0.05) is 12.0 Å². The predicted octanol–water partition coefficient (Wildman–Crippen LogP) is 5.05. The van der Waals surface area contributed by atoms with Crippen molar-refractivity contribution in [2.45, 2.75) is 38.5 Å². The second-order valence-corrected chi connectivity index (χ2v) is 7.38. The third kappa shape index (κ3) is 4.00. The maximum Gasteiger partial charge on any atom is 0.199 e. The Morgan fingerprint density at radius 2 is 1.81 bits per heavy atom. The van der Waals surface area contributed by atoms with Gasteiger partial charge in [0.05, 0.1) is 12.9 Å². The van der Waals surface area contributed by atoms with Crippen molar-refractivity contribution < 1.29 is 14.3 Å². The van der Waals surface area contributed by atoms with E-state index in [-0.39, 0.29) is 11.2 Å². The molecule has 4 heteroatoms. The lowest BCUT2D eigenvalue weighted by Crippen LogP contribution is -2.16. The number of ether oxygens (including phenoxy) is 1. The summed E-state index contributed by atoms with van der Waals surface area (Å²) in [6, 6.07) is 12.4. The van der Waals surface area contributed by atoms with Crippen molar-refractivity contribution in [2.24, 2.45) is 5.92 Å². The molecule has 1 N–H and O–H groups in total. The van der Waals surface area contributed by atoms with E-state index in [1.807, 2.05) is 24.3 Å². The van der Waals surface area contributed by atoms with Gasteiger partial charge in [0.2, 0.25) is 0 Å². The highest BCUT2D eigenvalue weighted by molar-refractivity contribution is 5.83. The van der Waals surface area contributed by atoms with Gasteiger partial charge in [-0.15, -0.1) is 0 Å². The first-order valence-corrected chi connectivity index (χ1v) is 9.65. The van der Waals surface area contributed by atoms with Gasteiger partial charge in [-0.1, -0.05) is 37.5 Å². The van der Waals surface area contributed by atoms with Crippen LogP contribution >= 0.6 is 0 Å². The minimum absolute atomic E-state index is 0.0523. The number of phenols is 1. The summed E-state index contributed by atoms with van der Waals surface area (Å²) in [7, 11) is 0. The van der Waals surface area contributed by atoms with Crippen molar-refractivity contribution in [1.82, 2.24) is 0 Å². The molecule has 0 atom stereocenters. The van der Waals surface area contributed by atoms with Crippen molar-refractivity contribution in [3.05, 3.63) is 70.1 Å². The van der Waals surface area contributed by atoms with Crippen molar-refractivity contribution in [1.29, 1.82) is 0 Å². The molecule has 2 aromatic carbocycles. The van der Waals surface area contributed by atoms with E-state index in [1.165, 1.54) is 38.4 Å². The van der Waals surface area contributed by atoms with Gasteiger partial charge in [0.15, 0.2) is 5.43 Å². The van der Waals surface area contributed by atoms with Crippen LogP contribution in [0.2, 0.25) is 0 Å². The summed E-state index contributed by atoms with van der Waals surface area (Å²) in [4.78, 5) is 13.1. The average molecular weight is 364 g/mol. The Morgan fingerprint density at radius 1 is 1.04 bits per heavy atom. The minimum Gasteiger partial charge on any atom is -0.508 e. The zero-order valence-corrected chi connectivity index (χ0v) is 15.3. The van der Waals surface area contributed by atoms with E-state index in [0.717, 1.165) is 5.56 Å². The zero-order valence-electron chi connectivity index (χ0n) is 15.3. The Kier molecular flexibility index (Phi) is 5.14. The summed E-state index contributed by atoms with van der Waals surface area (Å²) in [6.07, 6.45) is 8.23. The van der Waals surface area contributed by atoms with Crippen LogP contribution in [0, 0.1) is 5.92 Å². The molecule has 1 fully saturated rings. The maximum atomic E-state index is 13.1. The van der Waals surface area contributed by atoms with Crippen LogP contribution in [0.25, 0.3) is 11.0 Å². The number of benzene rings is 2. The molecule has 1 aliphatic carbocycles. The average Bonchev–Trinajstić information content (AvgIpc) is 2.71. The highest BCUT2D eigenvalue weighted by atomic mass is 16.5. The molecule has 0 radical (unpaired) electrons. The normalized spacial score (nSPS) is 15.1. The van der Waals surface area contributed by atoms with Gasteiger partial charge in [-0.05, 0) is 48.6 Å². The SMILES string of the molecule is O=c1c(Cc2ccc(O)cc2)coc2cccc(OCC3CCCCC3)c12. The van der Waals surface area contributed by atoms with Crippen LogP contribution in [0.1, 0.15) is 43.2 Å². The van der Waals surface area contributed by atoms with Crippen molar-refractivity contribution in [3.63, 3.8) is 0 Å². The molecular formula is C23H24O4. The molecule has 1 aliphatic rings. The van der Waals surface area contributed by atoms with Crippen LogP contribution in [0.5, 0.6) is 11.5 Å². The number of phenolic OH excluding ortho intramolecular Hbond substituents is 1. The lowest BCUT2D eigenvalue weighted by atomic mass is 9.90.